The molecule has 1 aliphatic heterocycles. The summed E-state index contributed by atoms with van der Waals surface area (Å²) in [6.07, 6.45) is 3.60. The summed E-state index contributed by atoms with van der Waals surface area (Å²) in [6.45, 7) is 0.776. The highest BCUT2D eigenvalue weighted by molar-refractivity contribution is 6.00. The molecule has 0 unspecified atom stereocenters. The lowest BCUT2D eigenvalue weighted by Gasteiger charge is -2.17. The summed E-state index contributed by atoms with van der Waals surface area (Å²) in [5.41, 5.74) is 3.00. The minimum atomic E-state index is -0.577. The van der Waals surface area contributed by atoms with Crippen LogP contribution >= 0.6 is 0 Å². The van der Waals surface area contributed by atoms with Crippen LogP contribution in [0.3, 0.4) is 0 Å². The highest BCUT2D eigenvalue weighted by atomic mass is 16.5. The molecule has 0 spiro atoms. The molecule has 1 aliphatic rings. The van der Waals surface area contributed by atoms with Crippen LogP contribution in [0.25, 0.3) is 22.8 Å². The van der Waals surface area contributed by atoms with Gasteiger partial charge in [-0.25, -0.2) is 0 Å². The molecule has 7 heteroatoms. The van der Waals surface area contributed by atoms with Crippen molar-refractivity contribution in [3.8, 4) is 22.8 Å². The number of β-amino-alcohol motifs (C(OH)–C–C–N with tert-alkyl or cyclic N) is 1. The minimum absolute atomic E-state index is 0.0263. The second kappa shape index (κ2) is 8.72. The molecule has 0 radical (unpaired) electrons. The van der Waals surface area contributed by atoms with E-state index >= 15 is 0 Å². The van der Waals surface area contributed by atoms with E-state index in [-0.39, 0.29) is 11.8 Å². The van der Waals surface area contributed by atoms with Crippen LogP contribution in [0.1, 0.15) is 15.9 Å². The lowest BCUT2D eigenvalue weighted by molar-refractivity contribution is 0.0765. The van der Waals surface area contributed by atoms with Gasteiger partial charge in [-0.05, 0) is 36.2 Å². The molecule has 5 rings (SSSR count). The van der Waals surface area contributed by atoms with Crippen molar-refractivity contribution >= 4 is 5.91 Å². The number of carbonyl (C=O) groups excluding carboxylic acids is 1. The fourth-order valence-electron chi connectivity index (χ4n) is 4.11. The summed E-state index contributed by atoms with van der Waals surface area (Å²) in [7, 11) is 0. The zero-order valence-corrected chi connectivity index (χ0v) is 17.3. The summed E-state index contributed by atoms with van der Waals surface area (Å²) >= 11 is 0. The number of benzene rings is 2. The van der Waals surface area contributed by atoms with Gasteiger partial charge in [-0.1, -0.05) is 47.6 Å². The molecule has 1 amide bonds. The molecule has 2 aromatic heterocycles. The average molecular weight is 426 g/mol. The van der Waals surface area contributed by atoms with Gasteiger partial charge in [-0.3, -0.25) is 9.78 Å². The molecule has 2 atom stereocenters. The number of aliphatic hydroxyl groups excluding tert-OH is 1. The molecule has 1 fully saturated rings. The first kappa shape index (κ1) is 20.1. The van der Waals surface area contributed by atoms with Crippen LogP contribution in [0.5, 0.6) is 0 Å². The van der Waals surface area contributed by atoms with Crippen LogP contribution in [0, 0.1) is 5.92 Å². The number of aliphatic hydroxyl groups is 1. The van der Waals surface area contributed by atoms with E-state index in [2.05, 4.69) is 15.1 Å². The van der Waals surface area contributed by atoms with E-state index in [9.17, 15) is 9.90 Å². The minimum Gasteiger partial charge on any atom is -0.391 e. The Morgan fingerprint density at radius 1 is 1.00 bits per heavy atom. The molecular weight excluding hydrogens is 404 g/mol. The maximum Gasteiger partial charge on any atom is 0.259 e. The zero-order chi connectivity index (χ0) is 21.9. The Kier molecular flexibility index (Phi) is 5.47. The molecule has 2 aromatic carbocycles. The first-order chi connectivity index (χ1) is 15.7. The molecule has 0 saturated carbocycles. The van der Waals surface area contributed by atoms with Crippen molar-refractivity contribution in [1.82, 2.24) is 20.0 Å². The molecule has 1 N–H and O–H groups in total. The molecule has 3 heterocycles. The Morgan fingerprint density at radius 3 is 2.56 bits per heavy atom. The highest BCUT2D eigenvalue weighted by Gasteiger charge is 2.35. The molecule has 0 aliphatic carbocycles. The van der Waals surface area contributed by atoms with E-state index in [0.717, 1.165) is 11.1 Å². The number of aromatic nitrogens is 3. The molecule has 32 heavy (non-hydrogen) atoms. The van der Waals surface area contributed by atoms with Gasteiger partial charge < -0.3 is 14.5 Å². The number of nitrogens with zero attached hydrogens (tertiary/aromatic N) is 4. The van der Waals surface area contributed by atoms with Crippen molar-refractivity contribution in [3.63, 3.8) is 0 Å². The van der Waals surface area contributed by atoms with Gasteiger partial charge in [0, 0.05) is 37.0 Å². The highest BCUT2D eigenvalue weighted by Crippen LogP contribution is 2.28. The van der Waals surface area contributed by atoms with Gasteiger partial charge in [-0.2, -0.15) is 4.98 Å². The van der Waals surface area contributed by atoms with Crippen LogP contribution in [-0.2, 0) is 6.42 Å². The Labute approximate surface area is 185 Å². The zero-order valence-electron chi connectivity index (χ0n) is 17.3. The first-order valence-electron chi connectivity index (χ1n) is 10.5. The average Bonchev–Trinajstić information content (AvgIpc) is 3.47. The normalized spacial score (nSPS) is 18.1. The van der Waals surface area contributed by atoms with Crippen molar-refractivity contribution in [2.24, 2.45) is 5.92 Å². The predicted octanol–water partition coefficient (Wildman–Crippen LogP) is 3.47. The van der Waals surface area contributed by atoms with E-state index in [0.29, 0.717) is 42.4 Å². The Morgan fingerprint density at radius 2 is 1.75 bits per heavy atom. The number of likely N-dealkylation sites (tertiary alicyclic amines) is 1. The van der Waals surface area contributed by atoms with Crippen molar-refractivity contribution in [2.75, 3.05) is 13.1 Å². The van der Waals surface area contributed by atoms with Crippen LogP contribution in [0.4, 0.5) is 0 Å². The lowest BCUT2D eigenvalue weighted by Crippen LogP contribution is -2.30. The summed E-state index contributed by atoms with van der Waals surface area (Å²) in [4.78, 5) is 23.6. The molecule has 1 saturated heterocycles. The fourth-order valence-corrected chi connectivity index (χ4v) is 4.11. The molecule has 160 valence electrons. The summed E-state index contributed by atoms with van der Waals surface area (Å²) in [5.74, 6) is 0.579. The second-order valence-electron chi connectivity index (χ2n) is 7.93. The van der Waals surface area contributed by atoms with E-state index < -0.39 is 6.10 Å². The SMILES string of the molecule is O=C(c1ccccc1-c1nc(-c2ccccc2)no1)N1C[C@@H](Cc2ccncc2)[C@@H](O)C1. The number of hydrogen-bond donors (Lipinski definition) is 1. The van der Waals surface area contributed by atoms with E-state index in [1.165, 1.54) is 0 Å². The van der Waals surface area contributed by atoms with Crippen molar-refractivity contribution in [1.29, 1.82) is 0 Å². The van der Waals surface area contributed by atoms with Gasteiger partial charge in [0.15, 0.2) is 0 Å². The largest absolute Gasteiger partial charge is 0.391 e. The van der Waals surface area contributed by atoms with Crippen molar-refractivity contribution in [3.05, 3.63) is 90.3 Å². The van der Waals surface area contributed by atoms with E-state index in [4.69, 9.17) is 4.52 Å². The molecule has 7 nitrogen and oxygen atoms in total. The third kappa shape index (κ3) is 4.02. The Bertz CT molecular complexity index is 1210. The molecular formula is C25H22N4O3. The van der Waals surface area contributed by atoms with Crippen LogP contribution < -0.4 is 0 Å². The van der Waals surface area contributed by atoms with Gasteiger partial charge in [0.25, 0.3) is 11.8 Å². The number of pyridine rings is 1. The van der Waals surface area contributed by atoms with Gasteiger partial charge in [-0.15, -0.1) is 0 Å². The van der Waals surface area contributed by atoms with Crippen LogP contribution in [0.15, 0.2) is 83.6 Å². The quantitative estimate of drug-likeness (QED) is 0.525. The van der Waals surface area contributed by atoms with Crippen molar-refractivity contribution < 1.29 is 14.4 Å². The van der Waals surface area contributed by atoms with E-state index in [1.807, 2.05) is 54.6 Å². The third-order valence-corrected chi connectivity index (χ3v) is 5.79. The Hall–Kier alpha value is -3.84. The number of carbonyl (C=O) groups is 1. The molecule has 4 aromatic rings. The van der Waals surface area contributed by atoms with Crippen LogP contribution in [-0.4, -0.2) is 50.2 Å². The van der Waals surface area contributed by atoms with Crippen molar-refractivity contribution in [2.45, 2.75) is 12.5 Å². The first-order valence-corrected chi connectivity index (χ1v) is 10.5. The van der Waals surface area contributed by atoms with E-state index in [1.54, 1.807) is 29.4 Å². The number of amides is 1. The Balaban J connectivity index is 1.37. The van der Waals surface area contributed by atoms with Gasteiger partial charge >= 0.3 is 0 Å². The maximum absolute atomic E-state index is 13.4. The maximum atomic E-state index is 13.4. The van der Waals surface area contributed by atoms with Gasteiger partial charge in [0.05, 0.1) is 17.2 Å². The van der Waals surface area contributed by atoms with Crippen LogP contribution in [0.2, 0.25) is 0 Å². The fraction of sp³-hybridized carbons (Fsp3) is 0.200. The van der Waals surface area contributed by atoms with Gasteiger partial charge in [0.1, 0.15) is 0 Å². The van der Waals surface area contributed by atoms with Gasteiger partial charge in [0.2, 0.25) is 5.82 Å². The second-order valence-corrected chi connectivity index (χ2v) is 7.93. The standard InChI is InChI=1S/C25H22N4O3/c30-22-16-29(15-19(22)14-17-10-12-26-13-11-17)25(31)21-9-5-4-8-20(21)24-27-23(28-32-24)18-6-2-1-3-7-18/h1-13,19,22,30H,14-16H2/t19-,22+/m1/s1. The third-order valence-electron chi connectivity index (χ3n) is 5.79. The number of hydrogen-bond acceptors (Lipinski definition) is 6. The predicted molar refractivity (Wildman–Crippen MR) is 119 cm³/mol. The summed E-state index contributed by atoms with van der Waals surface area (Å²) < 4.78 is 5.49. The lowest BCUT2D eigenvalue weighted by atomic mass is 9.97. The monoisotopic (exact) mass is 426 g/mol. The topological polar surface area (TPSA) is 92.4 Å². The number of rotatable bonds is 5. The summed E-state index contributed by atoms with van der Waals surface area (Å²) in [5, 5.41) is 14.7. The summed E-state index contributed by atoms with van der Waals surface area (Å²) in [6, 6.07) is 20.6. The smallest absolute Gasteiger partial charge is 0.259 e. The molecule has 0 bridgehead atoms.